The maximum atomic E-state index is 12.4. The van der Waals surface area contributed by atoms with E-state index in [-0.39, 0.29) is 11.6 Å². The fraction of sp³-hybridized carbons (Fsp3) is 0.333. The first kappa shape index (κ1) is 15.0. The van der Waals surface area contributed by atoms with Gasteiger partial charge in [-0.2, -0.15) is 10.2 Å². The van der Waals surface area contributed by atoms with E-state index >= 15 is 0 Å². The van der Waals surface area contributed by atoms with E-state index in [4.69, 9.17) is 11.6 Å². The van der Waals surface area contributed by atoms with E-state index in [2.05, 4.69) is 20.8 Å². The van der Waals surface area contributed by atoms with Crippen LogP contribution in [0.1, 0.15) is 16.2 Å². The van der Waals surface area contributed by atoms with Crippen LogP contribution in [0.4, 0.5) is 11.4 Å². The van der Waals surface area contributed by atoms with E-state index < -0.39 is 11.8 Å². The third-order valence-electron chi connectivity index (χ3n) is 3.03. The summed E-state index contributed by atoms with van der Waals surface area (Å²) in [7, 11) is 3.39. The Kier molecular flexibility index (Phi) is 4.27. The van der Waals surface area contributed by atoms with Crippen molar-refractivity contribution in [1.29, 1.82) is 0 Å². The molecule has 21 heavy (non-hydrogen) atoms. The van der Waals surface area contributed by atoms with Crippen LogP contribution in [0.3, 0.4) is 0 Å². The highest BCUT2D eigenvalue weighted by molar-refractivity contribution is 6.29. The molecule has 9 heteroatoms. The van der Waals surface area contributed by atoms with Gasteiger partial charge in [0, 0.05) is 14.1 Å². The quantitative estimate of drug-likeness (QED) is 0.820. The summed E-state index contributed by atoms with van der Waals surface area (Å²) in [6.45, 7) is 1.84. The van der Waals surface area contributed by atoms with Crippen molar-refractivity contribution < 1.29 is 9.59 Å². The molecule has 8 nitrogen and oxygen atoms in total. The Balaban J connectivity index is 2.25. The number of rotatable bonds is 4. The van der Waals surface area contributed by atoms with Crippen LogP contribution >= 0.6 is 11.6 Å². The largest absolute Gasteiger partial charge is 0.322 e. The molecule has 2 rings (SSSR count). The van der Waals surface area contributed by atoms with E-state index in [0.717, 1.165) is 5.69 Å². The molecule has 0 aliphatic heterocycles. The molecule has 0 saturated carbocycles. The molecule has 0 bridgehead atoms. The molecule has 0 saturated heterocycles. The van der Waals surface area contributed by atoms with Crippen molar-refractivity contribution in [3.8, 4) is 0 Å². The SMILES string of the molecule is Cc1c(NC(=O)c2c(NC(=O)CCl)cnn2C)cnn1C. The van der Waals surface area contributed by atoms with E-state index in [1.165, 1.54) is 10.9 Å². The minimum Gasteiger partial charge on any atom is -0.322 e. The first-order chi connectivity index (χ1) is 9.93. The molecule has 2 N–H and O–H groups in total. The van der Waals surface area contributed by atoms with Gasteiger partial charge in [-0.15, -0.1) is 11.6 Å². The smallest absolute Gasteiger partial charge is 0.276 e. The molecule has 0 fully saturated rings. The normalized spacial score (nSPS) is 10.5. The first-order valence-electron chi connectivity index (χ1n) is 6.11. The number of hydrogen-bond acceptors (Lipinski definition) is 4. The molecule has 0 unspecified atom stereocenters. The van der Waals surface area contributed by atoms with Crippen molar-refractivity contribution in [2.75, 3.05) is 16.5 Å². The number of nitrogens with one attached hydrogen (secondary N) is 2. The number of aryl methyl sites for hydroxylation is 2. The Labute approximate surface area is 126 Å². The van der Waals surface area contributed by atoms with Gasteiger partial charge in [-0.1, -0.05) is 0 Å². The highest BCUT2D eigenvalue weighted by Crippen LogP contribution is 2.18. The van der Waals surface area contributed by atoms with Crippen molar-refractivity contribution in [2.24, 2.45) is 14.1 Å². The Morgan fingerprint density at radius 2 is 1.76 bits per heavy atom. The van der Waals surface area contributed by atoms with E-state index in [1.54, 1.807) is 25.0 Å². The van der Waals surface area contributed by atoms with Crippen LogP contribution in [0.2, 0.25) is 0 Å². The second-order valence-corrected chi connectivity index (χ2v) is 4.70. The molecule has 0 aromatic carbocycles. The maximum Gasteiger partial charge on any atom is 0.276 e. The lowest BCUT2D eigenvalue weighted by atomic mass is 10.3. The number of amides is 2. The van der Waals surface area contributed by atoms with Crippen LogP contribution < -0.4 is 10.6 Å². The van der Waals surface area contributed by atoms with Crippen LogP contribution in [0.25, 0.3) is 0 Å². The summed E-state index contributed by atoms with van der Waals surface area (Å²) < 4.78 is 3.03. The van der Waals surface area contributed by atoms with E-state index in [1.807, 2.05) is 6.92 Å². The number of nitrogens with zero attached hydrogens (tertiary/aromatic N) is 4. The molecule has 2 amide bonds. The van der Waals surface area contributed by atoms with Crippen molar-refractivity contribution in [3.05, 3.63) is 23.8 Å². The minimum atomic E-state index is -0.406. The summed E-state index contributed by atoms with van der Waals surface area (Å²) in [5.41, 5.74) is 1.95. The average Bonchev–Trinajstić information content (AvgIpc) is 2.96. The molecule has 112 valence electrons. The number of carbonyl (C=O) groups excluding carboxylic acids is 2. The third kappa shape index (κ3) is 3.05. The highest BCUT2D eigenvalue weighted by Gasteiger charge is 2.19. The van der Waals surface area contributed by atoms with Crippen molar-refractivity contribution >= 4 is 34.8 Å². The van der Waals surface area contributed by atoms with Gasteiger partial charge in [0.15, 0.2) is 0 Å². The van der Waals surface area contributed by atoms with Gasteiger partial charge in [-0.25, -0.2) is 0 Å². The fourth-order valence-corrected chi connectivity index (χ4v) is 1.85. The maximum absolute atomic E-state index is 12.4. The molecule has 2 heterocycles. The summed E-state index contributed by atoms with van der Waals surface area (Å²) in [4.78, 5) is 23.7. The second-order valence-electron chi connectivity index (χ2n) is 4.43. The lowest BCUT2D eigenvalue weighted by Gasteiger charge is -2.08. The van der Waals surface area contributed by atoms with Crippen LogP contribution in [0.5, 0.6) is 0 Å². The molecule has 0 atom stereocenters. The van der Waals surface area contributed by atoms with Gasteiger partial charge in [0.1, 0.15) is 11.6 Å². The monoisotopic (exact) mass is 310 g/mol. The molecule has 2 aromatic rings. The van der Waals surface area contributed by atoms with Gasteiger partial charge in [0.05, 0.1) is 29.5 Å². The minimum absolute atomic E-state index is 0.197. The predicted molar refractivity (Wildman–Crippen MR) is 78.5 cm³/mol. The lowest BCUT2D eigenvalue weighted by Crippen LogP contribution is -2.20. The number of aromatic nitrogens is 4. The number of carbonyl (C=O) groups is 2. The molecule has 0 aliphatic carbocycles. The number of alkyl halides is 1. The average molecular weight is 311 g/mol. The van der Waals surface area contributed by atoms with Crippen LogP contribution in [-0.2, 0) is 18.9 Å². The highest BCUT2D eigenvalue weighted by atomic mass is 35.5. The zero-order valence-corrected chi connectivity index (χ0v) is 12.6. The Morgan fingerprint density at radius 1 is 1.14 bits per heavy atom. The van der Waals surface area contributed by atoms with Crippen LogP contribution in [-0.4, -0.2) is 37.3 Å². The summed E-state index contributed by atoms with van der Waals surface area (Å²) >= 11 is 5.44. The molecule has 2 aromatic heterocycles. The summed E-state index contributed by atoms with van der Waals surface area (Å²) in [6, 6.07) is 0. The van der Waals surface area contributed by atoms with Crippen LogP contribution in [0, 0.1) is 6.92 Å². The van der Waals surface area contributed by atoms with Gasteiger partial charge >= 0.3 is 0 Å². The number of hydrogen-bond donors (Lipinski definition) is 2. The first-order valence-corrected chi connectivity index (χ1v) is 6.65. The fourth-order valence-electron chi connectivity index (χ4n) is 1.78. The van der Waals surface area contributed by atoms with Gasteiger partial charge in [0.2, 0.25) is 5.91 Å². The number of anilines is 2. The van der Waals surface area contributed by atoms with Crippen molar-refractivity contribution in [1.82, 2.24) is 19.6 Å². The zero-order chi connectivity index (χ0) is 15.6. The zero-order valence-electron chi connectivity index (χ0n) is 11.8. The number of halogens is 1. The summed E-state index contributed by atoms with van der Waals surface area (Å²) in [5.74, 6) is -0.996. The van der Waals surface area contributed by atoms with Crippen molar-refractivity contribution in [2.45, 2.75) is 6.92 Å². The molecule has 0 aliphatic rings. The Bertz CT molecular complexity index is 690. The van der Waals surface area contributed by atoms with Crippen LogP contribution in [0.15, 0.2) is 12.4 Å². The molecule has 0 radical (unpaired) electrons. The summed E-state index contributed by atoms with van der Waals surface area (Å²) in [5, 5.41) is 13.3. The van der Waals surface area contributed by atoms with Crippen molar-refractivity contribution in [3.63, 3.8) is 0 Å². The molecule has 0 spiro atoms. The molecular weight excluding hydrogens is 296 g/mol. The lowest BCUT2D eigenvalue weighted by molar-refractivity contribution is -0.113. The van der Waals surface area contributed by atoms with E-state index in [9.17, 15) is 9.59 Å². The van der Waals surface area contributed by atoms with E-state index in [0.29, 0.717) is 11.4 Å². The second kappa shape index (κ2) is 5.96. The summed E-state index contributed by atoms with van der Waals surface area (Å²) in [6.07, 6.45) is 2.95. The molecular formula is C12H15ClN6O2. The van der Waals surface area contributed by atoms with Gasteiger partial charge in [0.25, 0.3) is 5.91 Å². The standard InChI is InChI=1S/C12H15ClN6O2/c1-7-8(5-14-18(7)2)17-12(21)11-9(6-15-19(11)3)16-10(20)4-13/h5-6H,4H2,1-3H3,(H,16,20)(H,17,21). The van der Waals surface area contributed by atoms with Gasteiger partial charge in [-0.05, 0) is 6.92 Å². The Morgan fingerprint density at radius 3 is 2.33 bits per heavy atom. The van der Waals surface area contributed by atoms with Gasteiger partial charge < -0.3 is 10.6 Å². The van der Waals surface area contributed by atoms with Gasteiger partial charge in [-0.3, -0.25) is 19.0 Å². The topological polar surface area (TPSA) is 93.8 Å². The predicted octanol–water partition coefficient (Wildman–Crippen LogP) is 0.892. The third-order valence-corrected chi connectivity index (χ3v) is 3.28. The Hall–Kier alpha value is -2.35.